The first-order valence-electron chi connectivity index (χ1n) is 12.0. The Morgan fingerprint density at radius 2 is 1.73 bits per heavy atom. The van der Waals surface area contributed by atoms with Crippen LogP contribution in [0.2, 0.25) is 0 Å². The zero-order valence-electron chi connectivity index (χ0n) is 18.8. The highest BCUT2D eigenvalue weighted by atomic mass is 16.3. The molecule has 0 radical (unpaired) electrons. The number of hydrogen-bond donors (Lipinski definition) is 3. The number of aliphatic hydroxyl groups excluding tert-OH is 1. The standard InChI is InChI=1S/C27H31N3O3/c31-25-22-16-30(15-18-7-3-1-4-8-18)17-23(22)29-27(33)24(25)26(32)28-21-13-11-20(12-14-21)19-9-5-2-6-10-19/h1,3-4,7-8,11-14,19,22-23,31H,2,5-6,9-10,15-17H2,(H,28,32)(H,29,33)/t22-,23-/m0/s1. The maximum atomic E-state index is 12.9. The van der Waals surface area contributed by atoms with Gasteiger partial charge >= 0.3 is 0 Å². The van der Waals surface area contributed by atoms with Crippen molar-refractivity contribution in [3.05, 3.63) is 77.1 Å². The maximum Gasteiger partial charge on any atom is 0.264 e. The van der Waals surface area contributed by atoms with Gasteiger partial charge in [0, 0.05) is 25.3 Å². The summed E-state index contributed by atoms with van der Waals surface area (Å²) in [7, 11) is 0. The van der Waals surface area contributed by atoms with Crippen molar-refractivity contribution in [3.8, 4) is 0 Å². The lowest BCUT2D eigenvalue weighted by molar-refractivity contribution is -0.123. The SMILES string of the molecule is O=C(Nc1ccc(C2CCCCC2)cc1)C1=C(O)[C@H]2CN(Cc3ccccc3)C[C@@H]2NC1=O. The number of anilines is 1. The summed E-state index contributed by atoms with van der Waals surface area (Å²) < 4.78 is 0. The summed E-state index contributed by atoms with van der Waals surface area (Å²) in [4.78, 5) is 27.8. The van der Waals surface area contributed by atoms with Crippen molar-refractivity contribution in [2.45, 2.75) is 50.6 Å². The smallest absolute Gasteiger partial charge is 0.264 e. The minimum Gasteiger partial charge on any atom is -0.511 e. The van der Waals surface area contributed by atoms with Crippen molar-refractivity contribution in [2.24, 2.45) is 5.92 Å². The highest BCUT2D eigenvalue weighted by Crippen LogP contribution is 2.33. The van der Waals surface area contributed by atoms with Crippen LogP contribution in [-0.4, -0.2) is 41.0 Å². The molecule has 2 aliphatic heterocycles. The van der Waals surface area contributed by atoms with E-state index >= 15 is 0 Å². The molecule has 2 aromatic carbocycles. The second kappa shape index (κ2) is 9.40. The van der Waals surface area contributed by atoms with Crippen LogP contribution in [0.5, 0.6) is 0 Å². The van der Waals surface area contributed by atoms with Gasteiger partial charge in [-0.3, -0.25) is 14.5 Å². The van der Waals surface area contributed by atoms with Crippen molar-refractivity contribution in [1.82, 2.24) is 10.2 Å². The van der Waals surface area contributed by atoms with Crippen LogP contribution in [0.3, 0.4) is 0 Å². The zero-order chi connectivity index (χ0) is 22.8. The number of nitrogens with one attached hydrogen (secondary N) is 2. The first-order chi connectivity index (χ1) is 16.1. The Bertz CT molecular complexity index is 1040. The third-order valence-corrected chi connectivity index (χ3v) is 7.27. The number of likely N-dealkylation sites (tertiary alicyclic amines) is 1. The van der Waals surface area contributed by atoms with Gasteiger partial charge in [-0.15, -0.1) is 0 Å². The van der Waals surface area contributed by atoms with Crippen LogP contribution in [0.25, 0.3) is 0 Å². The number of carbonyl (C=O) groups excluding carboxylic acids is 2. The molecule has 3 aliphatic rings. The van der Waals surface area contributed by atoms with Gasteiger partial charge in [0.1, 0.15) is 11.3 Å². The average molecular weight is 446 g/mol. The second-order valence-electron chi connectivity index (χ2n) is 9.54. The van der Waals surface area contributed by atoms with E-state index in [9.17, 15) is 14.7 Å². The molecule has 3 N–H and O–H groups in total. The number of hydrogen-bond acceptors (Lipinski definition) is 4. The lowest BCUT2D eigenvalue weighted by Gasteiger charge is -2.26. The van der Waals surface area contributed by atoms with E-state index in [2.05, 4.69) is 39.8 Å². The van der Waals surface area contributed by atoms with Gasteiger partial charge in [0.05, 0.1) is 12.0 Å². The summed E-state index contributed by atoms with van der Waals surface area (Å²) in [6, 6.07) is 17.8. The fourth-order valence-electron chi connectivity index (χ4n) is 5.51. The van der Waals surface area contributed by atoms with Crippen LogP contribution in [0.15, 0.2) is 65.9 Å². The van der Waals surface area contributed by atoms with E-state index in [1.807, 2.05) is 30.3 Å². The van der Waals surface area contributed by atoms with Crippen LogP contribution in [-0.2, 0) is 16.1 Å². The summed E-state index contributed by atoms with van der Waals surface area (Å²) in [5, 5.41) is 16.6. The van der Waals surface area contributed by atoms with Gasteiger partial charge in [0.2, 0.25) is 0 Å². The minimum absolute atomic E-state index is 0.101. The Kier molecular flexibility index (Phi) is 6.18. The molecule has 1 aliphatic carbocycles. The summed E-state index contributed by atoms with van der Waals surface area (Å²) in [5.74, 6) is -0.851. The molecule has 1 saturated carbocycles. The topological polar surface area (TPSA) is 81.7 Å². The van der Waals surface area contributed by atoms with Gasteiger partial charge in [-0.25, -0.2) is 0 Å². The van der Waals surface area contributed by atoms with Crippen molar-refractivity contribution in [1.29, 1.82) is 0 Å². The third kappa shape index (κ3) is 4.67. The molecule has 2 atom stereocenters. The van der Waals surface area contributed by atoms with E-state index in [0.717, 1.165) is 6.54 Å². The first kappa shape index (κ1) is 21.7. The van der Waals surface area contributed by atoms with Gasteiger partial charge in [-0.2, -0.15) is 0 Å². The quantitative estimate of drug-likeness (QED) is 0.605. The van der Waals surface area contributed by atoms with Crippen molar-refractivity contribution < 1.29 is 14.7 Å². The normalized spacial score (nSPS) is 23.8. The van der Waals surface area contributed by atoms with E-state index < -0.39 is 11.8 Å². The molecule has 1 saturated heterocycles. The Balaban J connectivity index is 1.26. The molecule has 33 heavy (non-hydrogen) atoms. The van der Waals surface area contributed by atoms with Crippen LogP contribution in [0.4, 0.5) is 5.69 Å². The van der Waals surface area contributed by atoms with Crippen LogP contribution >= 0.6 is 0 Å². The summed E-state index contributed by atoms with van der Waals surface area (Å²) in [6.45, 7) is 1.98. The molecule has 0 unspecified atom stereocenters. The first-order valence-corrected chi connectivity index (χ1v) is 12.0. The number of aliphatic hydroxyl groups is 1. The molecule has 0 bridgehead atoms. The number of carbonyl (C=O) groups is 2. The zero-order valence-corrected chi connectivity index (χ0v) is 18.8. The molecular formula is C27H31N3O3. The van der Waals surface area contributed by atoms with Crippen molar-refractivity contribution in [2.75, 3.05) is 18.4 Å². The summed E-state index contributed by atoms with van der Waals surface area (Å²) in [5.41, 5.74) is 2.94. The molecule has 2 heterocycles. The summed E-state index contributed by atoms with van der Waals surface area (Å²) in [6.07, 6.45) is 6.30. The van der Waals surface area contributed by atoms with Crippen LogP contribution in [0.1, 0.15) is 49.1 Å². The average Bonchev–Trinajstić information content (AvgIpc) is 3.23. The fraction of sp³-hybridized carbons (Fsp3) is 0.407. The Morgan fingerprint density at radius 1 is 1.00 bits per heavy atom. The lowest BCUT2D eigenvalue weighted by Crippen LogP contribution is -2.48. The Morgan fingerprint density at radius 3 is 2.45 bits per heavy atom. The largest absolute Gasteiger partial charge is 0.511 e. The number of fused-ring (bicyclic) bond motifs is 1. The highest BCUT2D eigenvalue weighted by Gasteiger charge is 2.44. The molecular weight excluding hydrogens is 414 g/mol. The Hall–Kier alpha value is -3.12. The minimum atomic E-state index is -0.560. The van der Waals surface area contributed by atoms with E-state index in [-0.39, 0.29) is 23.3 Å². The lowest BCUT2D eigenvalue weighted by atomic mass is 9.84. The van der Waals surface area contributed by atoms with E-state index in [4.69, 9.17) is 0 Å². The maximum absolute atomic E-state index is 12.9. The van der Waals surface area contributed by atoms with E-state index in [1.54, 1.807) is 0 Å². The van der Waals surface area contributed by atoms with Gasteiger partial charge in [-0.05, 0) is 42.0 Å². The second-order valence-corrected chi connectivity index (χ2v) is 9.54. The van der Waals surface area contributed by atoms with Gasteiger partial charge in [0.25, 0.3) is 11.8 Å². The molecule has 2 amide bonds. The van der Waals surface area contributed by atoms with E-state index in [0.29, 0.717) is 24.7 Å². The number of amides is 2. The molecule has 2 aromatic rings. The molecule has 6 heteroatoms. The fourth-order valence-corrected chi connectivity index (χ4v) is 5.51. The van der Waals surface area contributed by atoms with Crippen molar-refractivity contribution >= 4 is 17.5 Å². The predicted molar refractivity (Wildman–Crippen MR) is 128 cm³/mol. The number of nitrogens with zero attached hydrogens (tertiary/aromatic N) is 1. The molecule has 0 spiro atoms. The number of rotatable bonds is 5. The molecule has 2 fully saturated rings. The van der Waals surface area contributed by atoms with E-state index in [1.165, 1.54) is 43.2 Å². The van der Waals surface area contributed by atoms with Crippen LogP contribution in [0, 0.1) is 5.92 Å². The molecule has 6 nitrogen and oxygen atoms in total. The predicted octanol–water partition coefficient (Wildman–Crippen LogP) is 4.12. The van der Waals surface area contributed by atoms with Gasteiger partial charge in [0.15, 0.2) is 0 Å². The van der Waals surface area contributed by atoms with Crippen LogP contribution < -0.4 is 10.6 Å². The molecule has 0 aromatic heterocycles. The Labute approximate surface area is 194 Å². The van der Waals surface area contributed by atoms with Crippen molar-refractivity contribution in [3.63, 3.8) is 0 Å². The third-order valence-electron chi connectivity index (χ3n) is 7.27. The van der Waals surface area contributed by atoms with Gasteiger partial charge in [-0.1, -0.05) is 61.7 Å². The summed E-state index contributed by atoms with van der Waals surface area (Å²) >= 11 is 0. The molecule has 172 valence electrons. The monoisotopic (exact) mass is 445 g/mol. The molecule has 5 rings (SSSR count). The van der Waals surface area contributed by atoms with Gasteiger partial charge < -0.3 is 15.7 Å². The highest BCUT2D eigenvalue weighted by molar-refractivity contribution is 6.23. The number of benzene rings is 2.